The number of nitrogens with zero attached hydrogens (tertiary/aromatic N) is 2. The van der Waals surface area contributed by atoms with Crippen molar-refractivity contribution in [2.24, 2.45) is 7.05 Å². The van der Waals surface area contributed by atoms with Crippen LogP contribution in [0.2, 0.25) is 5.02 Å². The summed E-state index contributed by atoms with van der Waals surface area (Å²) >= 11 is 9.63. The van der Waals surface area contributed by atoms with Gasteiger partial charge in [-0.3, -0.25) is 4.68 Å². The number of hydrogen-bond donors (Lipinski definition) is 1. The van der Waals surface area contributed by atoms with Crippen LogP contribution in [0.25, 0.3) is 0 Å². The minimum Gasteiger partial charge on any atom is -0.457 e. The van der Waals surface area contributed by atoms with Crippen molar-refractivity contribution in [3.8, 4) is 0 Å². The summed E-state index contributed by atoms with van der Waals surface area (Å²) in [5, 5.41) is 8.30. The number of halogens is 2. The van der Waals surface area contributed by atoms with Crippen LogP contribution in [0.4, 0.5) is 0 Å². The minimum absolute atomic E-state index is 0.0296. The molecule has 0 fully saturated rings. The Hall–Kier alpha value is -0.780. The highest BCUT2D eigenvalue weighted by molar-refractivity contribution is 9.10. The molecule has 2 rings (SSSR count). The molecule has 1 N–H and O–H groups in total. The predicted molar refractivity (Wildman–Crippen MR) is 74.8 cm³/mol. The zero-order chi connectivity index (χ0) is 13.1. The fourth-order valence-electron chi connectivity index (χ4n) is 1.90. The van der Waals surface area contributed by atoms with Crippen molar-refractivity contribution in [2.45, 2.75) is 19.4 Å². The Labute approximate surface area is 119 Å². The topological polar surface area (TPSA) is 43.0 Å². The molecule has 0 aliphatic rings. The van der Waals surface area contributed by atoms with Crippen molar-refractivity contribution in [1.82, 2.24) is 15.1 Å². The molecular weight excluding hydrogens is 318 g/mol. The van der Waals surface area contributed by atoms with Gasteiger partial charge in [-0.15, -0.1) is 0 Å². The van der Waals surface area contributed by atoms with Crippen molar-refractivity contribution in [2.75, 3.05) is 6.54 Å². The first-order valence-electron chi connectivity index (χ1n) is 5.78. The minimum atomic E-state index is -0.0296. The number of rotatable bonds is 5. The molecule has 0 saturated carbocycles. The summed E-state index contributed by atoms with van der Waals surface area (Å²) < 4.78 is 7.81. The number of aryl methyl sites for hydroxylation is 1. The van der Waals surface area contributed by atoms with Crippen molar-refractivity contribution in [1.29, 1.82) is 0 Å². The van der Waals surface area contributed by atoms with Crippen LogP contribution in [-0.2, 0) is 7.05 Å². The van der Waals surface area contributed by atoms with E-state index in [-0.39, 0.29) is 6.04 Å². The number of furan rings is 1. The van der Waals surface area contributed by atoms with Crippen LogP contribution in [0.1, 0.15) is 30.6 Å². The zero-order valence-electron chi connectivity index (χ0n) is 10.3. The van der Waals surface area contributed by atoms with Crippen molar-refractivity contribution in [3.05, 3.63) is 39.5 Å². The maximum atomic E-state index is 6.22. The second kappa shape index (κ2) is 5.91. The van der Waals surface area contributed by atoms with Gasteiger partial charge >= 0.3 is 0 Å². The van der Waals surface area contributed by atoms with Gasteiger partial charge in [0.05, 0.1) is 29.2 Å². The molecule has 1 unspecified atom stereocenters. The fraction of sp³-hybridized carbons (Fsp3) is 0.417. The Balaban J connectivity index is 2.40. The number of nitrogens with one attached hydrogen (secondary N) is 1. The zero-order valence-corrected chi connectivity index (χ0v) is 12.6. The molecule has 18 heavy (non-hydrogen) atoms. The standard InChI is InChI=1S/C12H15BrClN3O/c1-3-5-15-10(8-4-6-18-12(8)13)11-9(14)7-16-17(11)2/h4,6-7,10,15H,3,5H2,1-2H3. The lowest BCUT2D eigenvalue weighted by Gasteiger charge is -2.18. The second-order valence-corrected chi connectivity index (χ2v) is 5.17. The van der Waals surface area contributed by atoms with Gasteiger partial charge in [0.15, 0.2) is 4.67 Å². The lowest BCUT2D eigenvalue weighted by atomic mass is 10.1. The fourth-order valence-corrected chi connectivity index (χ4v) is 2.64. The normalized spacial score (nSPS) is 12.9. The van der Waals surface area contributed by atoms with E-state index in [1.165, 1.54) is 0 Å². The lowest BCUT2D eigenvalue weighted by molar-refractivity contribution is 0.513. The first-order valence-corrected chi connectivity index (χ1v) is 6.96. The van der Waals surface area contributed by atoms with Gasteiger partial charge in [-0.25, -0.2) is 0 Å². The van der Waals surface area contributed by atoms with E-state index in [9.17, 15) is 0 Å². The van der Waals surface area contributed by atoms with Crippen LogP contribution in [0.5, 0.6) is 0 Å². The molecule has 0 aliphatic carbocycles. The third kappa shape index (κ3) is 2.63. The van der Waals surface area contributed by atoms with Gasteiger partial charge in [-0.1, -0.05) is 18.5 Å². The molecule has 98 valence electrons. The average Bonchev–Trinajstić information content (AvgIpc) is 2.90. The highest BCUT2D eigenvalue weighted by Crippen LogP contribution is 2.32. The molecule has 0 spiro atoms. The quantitative estimate of drug-likeness (QED) is 0.911. The molecule has 0 saturated heterocycles. The third-order valence-corrected chi connectivity index (χ3v) is 3.70. The van der Waals surface area contributed by atoms with Crippen LogP contribution in [-0.4, -0.2) is 16.3 Å². The van der Waals surface area contributed by atoms with Crippen molar-refractivity contribution >= 4 is 27.5 Å². The maximum Gasteiger partial charge on any atom is 0.174 e. The van der Waals surface area contributed by atoms with Crippen molar-refractivity contribution < 1.29 is 4.42 Å². The molecule has 0 radical (unpaired) electrons. The van der Waals surface area contributed by atoms with Gasteiger partial charge in [0.2, 0.25) is 0 Å². The van der Waals surface area contributed by atoms with Crippen LogP contribution < -0.4 is 5.32 Å². The predicted octanol–water partition coefficient (Wildman–Crippen LogP) is 3.52. The SMILES string of the molecule is CCCNC(c1ccoc1Br)c1c(Cl)cnn1C. The summed E-state index contributed by atoms with van der Waals surface area (Å²) in [6.45, 7) is 3.02. The van der Waals surface area contributed by atoms with Gasteiger partial charge in [0, 0.05) is 12.6 Å². The molecule has 2 aromatic heterocycles. The lowest BCUT2D eigenvalue weighted by Crippen LogP contribution is -2.25. The van der Waals surface area contributed by atoms with Gasteiger partial charge < -0.3 is 9.73 Å². The van der Waals surface area contributed by atoms with Crippen LogP contribution in [0.15, 0.2) is 27.6 Å². The first kappa shape index (κ1) is 13.6. The Morgan fingerprint density at radius 3 is 2.89 bits per heavy atom. The Morgan fingerprint density at radius 2 is 2.39 bits per heavy atom. The summed E-state index contributed by atoms with van der Waals surface area (Å²) in [6, 6.07) is 1.90. The van der Waals surface area contributed by atoms with E-state index in [2.05, 4.69) is 33.3 Å². The summed E-state index contributed by atoms with van der Waals surface area (Å²) in [6.07, 6.45) is 4.36. The average molecular weight is 333 g/mol. The highest BCUT2D eigenvalue weighted by atomic mass is 79.9. The second-order valence-electron chi connectivity index (χ2n) is 4.04. The number of hydrogen-bond acceptors (Lipinski definition) is 3. The third-order valence-electron chi connectivity index (χ3n) is 2.77. The molecule has 4 nitrogen and oxygen atoms in total. The van der Waals surface area contributed by atoms with E-state index in [1.54, 1.807) is 17.1 Å². The van der Waals surface area contributed by atoms with E-state index in [0.29, 0.717) is 9.69 Å². The van der Waals surface area contributed by atoms with Gasteiger partial charge in [0.25, 0.3) is 0 Å². The Bertz CT molecular complexity index is 504. The van der Waals surface area contributed by atoms with Crippen LogP contribution in [0, 0.1) is 0 Å². The summed E-state index contributed by atoms with van der Waals surface area (Å²) in [7, 11) is 1.88. The summed E-state index contributed by atoms with van der Waals surface area (Å²) in [5.41, 5.74) is 1.96. The van der Waals surface area contributed by atoms with Gasteiger partial charge in [0.1, 0.15) is 0 Å². The molecular formula is C12H15BrClN3O. The largest absolute Gasteiger partial charge is 0.457 e. The molecule has 0 aromatic carbocycles. The maximum absolute atomic E-state index is 6.22. The summed E-state index contributed by atoms with van der Waals surface area (Å²) in [4.78, 5) is 0. The monoisotopic (exact) mass is 331 g/mol. The van der Waals surface area contributed by atoms with E-state index in [4.69, 9.17) is 16.0 Å². The van der Waals surface area contributed by atoms with E-state index >= 15 is 0 Å². The molecule has 2 heterocycles. The van der Waals surface area contributed by atoms with Gasteiger partial charge in [-0.05, 0) is 35.0 Å². The molecule has 2 aromatic rings. The Kier molecular flexibility index (Phi) is 4.48. The first-order chi connectivity index (χ1) is 8.65. The summed E-state index contributed by atoms with van der Waals surface area (Å²) in [5.74, 6) is 0. The molecule has 0 amide bonds. The van der Waals surface area contributed by atoms with E-state index in [1.807, 2.05) is 13.1 Å². The van der Waals surface area contributed by atoms with Gasteiger partial charge in [-0.2, -0.15) is 5.10 Å². The molecule has 0 bridgehead atoms. The van der Waals surface area contributed by atoms with E-state index < -0.39 is 0 Å². The van der Waals surface area contributed by atoms with Crippen LogP contribution in [0.3, 0.4) is 0 Å². The molecule has 1 atom stereocenters. The molecule has 0 aliphatic heterocycles. The van der Waals surface area contributed by atoms with Crippen LogP contribution >= 0.6 is 27.5 Å². The smallest absolute Gasteiger partial charge is 0.174 e. The van der Waals surface area contributed by atoms with E-state index in [0.717, 1.165) is 24.2 Å². The number of aromatic nitrogens is 2. The highest BCUT2D eigenvalue weighted by Gasteiger charge is 2.23. The molecule has 6 heteroatoms. The Morgan fingerprint density at radius 1 is 1.61 bits per heavy atom. The van der Waals surface area contributed by atoms with Crippen molar-refractivity contribution in [3.63, 3.8) is 0 Å².